The topological polar surface area (TPSA) is 160 Å². The summed E-state index contributed by atoms with van der Waals surface area (Å²) in [5, 5.41) is 5.15. The zero-order valence-corrected chi connectivity index (χ0v) is 28.2. The van der Waals surface area contributed by atoms with Gasteiger partial charge in [-0.1, -0.05) is 78.9 Å². The third-order valence-electron chi connectivity index (χ3n) is 8.07. The van der Waals surface area contributed by atoms with Crippen molar-refractivity contribution >= 4 is 34.5 Å². The van der Waals surface area contributed by atoms with Crippen molar-refractivity contribution in [3.63, 3.8) is 0 Å². The number of carbonyl (C=O) groups excluding carboxylic acids is 3. The quantitative estimate of drug-likeness (QED) is 0.0764. The minimum Gasteiger partial charge on any atom is -0.370 e. The van der Waals surface area contributed by atoms with Crippen molar-refractivity contribution in [2.24, 2.45) is 22.2 Å². The average Bonchev–Trinajstić information content (AvgIpc) is 3.04. The second-order valence-electron chi connectivity index (χ2n) is 12.8. The zero-order valence-electron chi connectivity index (χ0n) is 28.2. The van der Waals surface area contributed by atoms with Crippen molar-refractivity contribution < 1.29 is 14.4 Å². The van der Waals surface area contributed by atoms with Crippen LogP contribution >= 0.6 is 0 Å². The van der Waals surface area contributed by atoms with Gasteiger partial charge in [0.1, 0.15) is 12.1 Å². The Morgan fingerprint density at radius 1 is 0.830 bits per heavy atom. The molecular formula is C37H51N7O3. The van der Waals surface area contributed by atoms with Gasteiger partial charge in [0.25, 0.3) is 0 Å². The van der Waals surface area contributed by atoms with Crippen LogP contribution in [-0.2, 0) is 27.2 Å². The van der Waals surface area contributed by atoms with Gasteiger partial charge >= 0.3 is 0 Å². The maximum absolute atomic E-state index is 14.4. The van der Waals surface area contributed by atoms with Gasteiger partial charge in [0.15, 0.2) is 5.96 Å². The molecule has 0 saturated carbocycles. The van der Waals surface area contributed by atoms with Crippen LogP contribution in [0, 0.1) is 0 Å². The Balaban J connectivity index is 1.86. The fraction of sp³-hybridized carbons (Fsp3) is 0.405. The summed E-state index contributed by atoms with van der Waals surface area (Å²) >= 11 is 0. The number of nitrogens with one attached hydrogen (secondary N) is 1. The van der Waals surface area contributed by atoms with E-state index in [9.17, 15) is 14.4 Å². The number of nitrogens with zero attached hydrogens (tertiary/aromatic N) is 3. The van der Waals surface area contributed by atoms with Crippen LogP contribution in [0.15, 0.2) is 89.9 Å². The van der Waals surface area contributed by atoms with E-state index in [2.05, 4.69) is 10.3 Å². The Bertz CT molecular complexity index is 1530. The molecule has 3 aromatic carbocycles. The summed E-state index contributed by atoms with van der Waals surface area (Å²) in [6.07, 6.45) is 6.70. The predicted octanol–water partition coefficient (Wildman–Crippen LogP) is 3.52. The van der Waals surface area contributed by atoms with Crippen molar-refractivity contribution in [3.8, 4) is 0 Å². The van der Waals surface area contributed by atoms with Crippen molar-refractivity contribution in [2.75, 3.05) is 27.2 Å². The van der Waals surface area contributed by atoms with Crippen LogP contribution in [0.2, 0.25) is 0 Å². The number of fused-ring (bicyclic) bond motifs is 1. The Labute approximate surface area is 279 Å². The summed E-state index contributed by atoms with van der Waals surface area (Å²) in [6, 6.07) is 22.0. The number of likely N-dealkylation sites (N-methyl/N-ethyl adjacent to an activating group) is 2. The lowest BCUT2D eigenvalue weighted by Crippen LogP contribution is -2.56. The van der Waals surface area contributed by atoms with Gasteiger partial charge in [-0.05, 0) is 67.5 Å². The smallest absolute Gasteiger partial charge is 0.246 e. The first-order valence-corrected chi connectivity index (χ1v) is 16.2. The van der Waals surface area contributed by atoms with Gasteiger partial charge in [-0.3, -0.25) is 19.4 Å². The van der Waals surface area contributed by atoms with Crippen LogP contribution < -0.4 is 22.5 Å². The van der Waals surface area contributed by atoms with E-state index < -0.39 is 17.6 Å². The van der Waals surface area contributed by atoms with E-state index in [0.29, 0.717) is 25.9 Å². The Kier molecular flexibility index (Phi) is 14.0. The fourth-order valence-corrected chi connectivity index (χ4v) is 5.30. The van der Waals surface area contributed by atoms with Gasteiger partial charge in [0.05, 0.1) is 0 Å². The molecule has 0 bridgehead atoms. The second-order valence-corrected chi connectivity index (χ2v) is 12.8. The highest BCUT2D eigenvalue weighted by Crippen LogP contribution is 2.20. The van der Waals surface area contributed by atoms with Crippen LogP contribution in [0.4, 0.5) is 0 Å². The van der Waals surface area contributed by atoms with E-state index in [1.54, 1.807) is 20.2 Å². The summed E-state index contributed by atoms with van der Waals surface area (Å²) in [7, 11) is 3.27. The van der Waals surface area contributed by atoms with Crippen molar-refractivity contribution in [1.29, 1.82) is 0 Å². The monoisotopic (exact) mass is 641 g/mol. The zero-order chi connectivity index (χ0) is 34.4. The number of amides is 3. The molecule has 10 nitrogen and oxygen atoms in total. The molecule has 0 radical (unpaired) electrons. The molecule has 0 aliphatic rings. The Morgan fingerprint density at radius 3 is 2.17 bits per heavy atom. The van der Waals surface area contributed by atoms with Crippen molar-refractivity contribution in [2.45, 2.75) is 70.0 Å². The fourth-order valence-electron chi connectivity index (χ4n) is 5.30. The number of hydrogen-bond acceptors (Lipinski definition) is 5. The van der Waals surface area contributed by atoms with Gasteiger partial charge < -0.3 is 32.3 Å². The molecule has 252 valence electrons. The van der Waals surface area contributed by atoms with E-state index in [4.69, 9.17) is 17.2 Å². The molecule has 0 aromatic heterocycles. The first kappa shape index (κ1) is 36.8. The number of unbranched alkanes of at least 4 members (excludes halogenated alkanes) is 2. The maximum Gasteiger partial charge on any atom is 0.246 e. The largest absolute Gasteiger partial charge is 0.370 e. The molecule has 3 rings (SSSR count). The first-order valence-electron chi connectivity index (χ1n) is 16.2. The lowest BCUT2D eigenvalue weighted by atomic mass is 9.98. The Hall–Kier alpha value is -4.70. The van der Waals surface area contributed by atoms with Crippen molar-refractivity contribution in [3.05, 3.63) is 96.1 Å². The number of guanidine groups is 1. The summed E-state index contributed by atoms with van der Waals surface area (Å²) in [4.78, 5) is 48.4. The number of carbonyl (C=O) groups is 3. The number of rotatable bonds is 17. The molecule has 0 aliphatic heterocycles. The van der Waals surface area contributed by atoms with Crippen LogP contribution in [0.1, 0.15) is 50.7 Å². The Morgan fingerprint density at radius 2 is 1.49 bits per heavy atom. The molecule has 0 unspecified atom stereocenters. The van der Waals surface area contributed by atoms with E-state index in [0.717, 1.165) is 41.2 Å². The van der Waals surface area contributed by atoms with E-state index in [-0.39, 0.29) is 30.1 Å². The van der Waals surface area contributed by atoms with E-state index in [1.165, 1.54) is 15.9 Å². The molecular weight excluding hydrogens is 590 g/mol. The third-order valence-corrected chi connectivity index (χ3v) is 8.07. The molecule has 0 saturated heterocycles. The lowest BCUT2D eigenvalue weighted by molar-refractivity contribution is -0.146. The van der Waals surface area contributed by atoms with E-state index >= 15 is 0 Å². The second kappa shape index (κ2) is 17.9. The van der Waals surface area contributed by atoms with Crippen LogP contribution in [0.5, 0.6) is 0 Å². The predicted molar refractivity (Wildman–Crippen MR) is 190 cm³/mol. The molecule has 0 fully saturated rings. The van der Waals surface area contributed by atoms with Crippen LogP contribution in [0.25, 0.3) is 10.8 Å². The van der Waals surface area contributed by atoms with Gasteiger partial charge in [-0.2, -0.15) is 0 Å². The SMILES string of the molecule is CN(C(=O)C=CCC(C)(C)N)[C@H](Cc1ccc2ccccc2c1)C(=O)N(C)[C@H](Cc1ccccc1)C(=O)NCCCCCN=C(N)N. The highest BCUT2D eigenvalue weighted by molar-refractivity contribution is 5.95. The molecule has 3 aromatic rings. The minimum atomic E-state index is -0.856. The van der Waals surface area contributed by atoms with Gasteiger partial charge in [0.2, 0.25) is 17.7 Å². The molecule has 2 atom stereocenters. The lowest BCUT2D eigenvalue weighted by Gasteiger charge is -2.34. The van der Waals surface area contributed by atoms with E-state index in [1.807, 2.05) is 86.6 Å². The highest BCUT2D eigenvalue weighted by atomic mass is 16.2. The third kappa shape index (κ3) is 12.2. The summed E-state index contributed by atoms with van der Waals surface area (Å²) in [5.74, 6) is -0.824. The maximum atomic E-state index is 14.4. The number of nitrogens with two attached hydrogens (primary N) is 3. The standard InChI is InChI=1S/C37H51N7O3/c1-37(2,40)21-13-18-33(45)43(3)32(26-28-19-20-29-16-9-10-17-30(29)24-28)35(47)44(4)31(25-27-14-7-5-8-15-27)34(46)41-22-11-6-12-23-42-36(38)39/h5,7-10,13-20,24,31-32H,6,11-12,21-23,25-26,40H2,1-4H3,(H,41,46)(H4,38,39,42)/t31-,32-/m1/s1. The number of hydrogen-bond donors (Lipinski definition) is 4. The molecule has 10 heteroatoms. The molecule has 0 aliphatic carbocycles. The molecule has 3 amide bonds. The molecule has 47 heavy (non-hydrogen) atoms. The van der Waals surface area contributed by atoms with Gasteiger partial charge in [0, 0.05) is 45.6 Å². The van der Waals surface area contributed by atoms with Crippen molar-refractivity contribution in [1.82, 2.24) is 15.1 Å². The summed E-state index contributed by atoms with van der Waals surface area (Å²) < 4.78 is 0. The van der Waals surface area contributed by atoms with Crippen LogP contribution in [0.3, 0.4) is 0 Å². The average molecular weight is 642 g/mol. The summed E-state index contributed by atoms with van der Waals surface area (Å²) in [5.41, 5.74) is 18.2. The van der Waals surface area contributed by atoms with Crippen LogP contribution in [-0.4, -0.2) is 78.3 Å². The highest BCUT2D eigenvalue weighted by Gasteiger charge is 2.34. The number of benzene rings is 3. The van der Waals surface area contributed by atoms with Gasteiger partial charge in [-0.25, -0.2) is 0 Å². The minimum absolute atomic E-state index is 0.0663. The number of aliphatic imine (C=N–C) groups is 1. The molecule has 0 heterocycles. The molecule has 7 N–H and O–H groups in total. The van der Waals surface area contributed by atoms with Gasteiger partial charge in [-0.15, -0.1) is 0 Å². The summed E-state index contributed by atoms with van der Waals surface area (Å²) in [6.45, 7) is 4.76. The molecule has 0 spiro atoms. The first-order chi connectivity index (χ1) is 22.4. The normalized spacial score (nSPS) is 12.8.